The van der Waals surface area contributed by atoms with Crippen molar-refractivity contribution in [2.45, 2.75) is 18.9 Å². The van der Waals surface area contributed by atoms with E-state index in [0.29, 0.717) is 18.7 Å². The number of rotatable bonds is 5. The van der Waals surface area contributed by atoms with Crippen LogP contribution in [0.4, 0.5) is 4.39 Å². The first-order valence-corrected chi connectivity index (χ1v) is 8.18. The van der Waals surface area contributed by atoms with Crippen LogP contribution in [-0.4, -0.2) is 29.7 Å². The lowest BCUT2D eigenvalue weighted by molar-refractivity contribution is -0.116. The Labute approximate surface area is 144 Å². The summed E-state index contributed by atoms with van der Waals surface area (Å²) in [5.74, 6) is -0.744. The number of pyridine rings is 1. The van der Waals surface area contributed by atoms with Crippen LogP contribution in [-0.2, 0) is 9.53 Å². The molecule has 1 aromatic heterocycles. The van der Waals surface area contributed by atoms with Crippen LogP contribution in [0.1, 0.15) is 18.4 Å². The van der Waals surface area contributed by atoms with Crippen molar-refractivity contribution in [2.24, 2.45) is 0 Å². The highest BCUT2D eigenvalue weighted by atomic mass is 19.1. The Balaban J connectivity index is 1.88. The molecule has 1 amide bonds. The van der Waals surface area contributed by atoms with Crippen LogP contribution < -0.4 is 10.9 Å². The Morgan fingerprint density at radius 2 is 2.08 bits per heavy atom. The molecule has 0 bridgehead atoms. The maximum Gasteiger partial charge on any atom is 0.268 e. The van der Waals surface area contributed by atoms with Crippen LogP contribution >= 0.6 is 0 Å². The predicted octanol–water partition coefficient (Wildman–Crippen LogP) is 2.28. The van der Waals surface area contributed by atoms with E-state index < -0.39 is 0 Å². The molecule has 2 aromatic rings. The van der Waals surface area contributed by atoms with Gasteiger partial charge in [0.25, 0.3) is 11.5 Å². The van der Waals surface area contributed by atoms with E-state index in [1.165, 1.54) is 29.0 Å². The number of carbonyl (C=O) groups is 1. The van der Waals surface area contributed by atoms with E-state index in [1.807, 2.05) is 0 Å². The fourth-order valence-electron chi connectivity index (χ4n) is 2.69. The summed E-state index contributed by atoms with van der Waals surface area (Å²) >= 11 is 0. The van der Waals surface area contributed by atoms with E-state index in [1.54, 1.807) is 30.3 Å². The fourth-order valence-corrected chi connectivity index (χ4v) is 2.69. The third-order valence-electron chi connectivity index (χ3n) is 4.00. The molecule has 0 unspecified atom stereocenters. The number of halogens is 1. The van der Waals surface area contributed by atoms with E-state index in [-0.39, 0.29) is 29.1 Å². The lowest BCUT2D eigenvalue weighted by Gasteiger charge is -2.14. The largest absolute Gasteiger partial charge is 0.376 e. The summed E-state index contributed by atoms with van der Waals surface area (Å²) in [6.07, 6.45) is 4.98. The smallest absolute Gasteiger partial charge is 0.268 e. The highest BCUT2D eigenvalue weighted by molar-refractivity contribution is 6.18. The van der Waals surface area contributed by atoms with Crippen molar-refractivity contribution < 1.29 is 13.9 Å². The van der Waals surface area contributed by atoms with E-state index in [4.69, 9.17) is 4.74 Å². The molecule has 0 aliphatic carbocycles. The minimum atomic E-state index is -0.381. The average Bonchev–Trinajstić information content (AvgIpc) is 3.13. The van der Waals surface area contributed by atoms with Crippen LogP contribution in [0.5, 0.6) is 0 Å². The van der Waals surface area contributed by atoms with Gasteiger partial charge in [0, 0.05) is 25.4 Å². The highest BCUT2D eigenvalue weighted by Gasteiger charge is 2.18. The molecule has 1 N–H and O–H groups in total. The summed E-state index contributed by atoms with van der Waals surface area (Å²) < 4.78 is 19.9. The molecule has 0 saturated carbocycles. The van der Waals surface area contributed by atoms with Crippen LogP contribution in [0.3, 0.4) is 0 Å². The molecule has 1 fully saturated rings. The van der Waals surface area contributed by atoms with Gasteiger partial charge in [-0.1, -0.05) is 18.2 Å². The van der Waals surface area contributed by atoms with Crippen molar-refractivity contribution in [3.05, 3.63) is 70.4 Å². The van der Waals surface area contributed by atoms with Crippen LogP contribution in [0.25, 0.3) is 11.8 Å². The maximum atomic E-state index is 13.1. The van der Waals surface area contributed by atoms with Gasteiger partial charge >= 0.3 is 0 Å². The van der Waals surface area contributed by atoms with Crippen molar-refractivity contribution in [3.8, 4) is 0 Å². The third kappa shape index (κ3) is 4.42. The number of amides is 1. The van der Waals surface area contributed by atoms with Gasteiger partial charge in [-0.05, 0) is 42.7 Å². The van der Waals surface area contributed by atoms with Gasteiger partial charge in [0.1, 0.15) is 11.5 Å². The predicted molar refractivity (Wildman–Crippen MR) is 93.3 cm³/mol. The lowest BCUT2D eigenvalue weighted by atomic mass is 10.1. The Hall–Kier alpha value is -2.73. The molecule has 1 aliphatic heterocycles. The first kappa shape index (κ1) is 17.1. The lowest BCUT2D eigenvalue weighted by Crippen LogP contribution is -2.35. The molecule has 1 aliphatic rings. The summed E-state index contributed by atoms with van der Waals surface area (Å²) in [7, 11) is 0. The number of hydrogen-bond acceptors (Lipinski definition) is 3. The molecule has 3 rings (SSSR count). The SMILES string of the molecule is O=C(NC[C@@H]1CCCO1)/C(=C\c1ccc(F)cc1)n1ccccc1=O. The number of ether oxygens (including phenoxy) is 1. The molecular formula is C19H19FN2O3. The molecule has 2 heterocycles. The van der Waals surface area contributed by atoms with Crippen molar-refractivity contribution in [3.63, 3.8) is 0 Å². The molecule has 0 spiro atoms. The second-order valence-electron chi connectivity index (χ2n) is 5.84. The van der Waals surface area contributed by atoms with E-state index in [0.717, 1.165) is 12.8 Å². The van der Waals surface area contributed by atoms with Crippen molar-refractivity contribution in [1.82, 2.24) is 9.88 Å². The molecule has 1 saturated heterocycles. The Bertz CT molecular complexity index is 821. The fraction of sp³-hybridized carbons (Fsp3) is 0.263. The highest BCUT2D eigenvalue weighted by Crippen LogP contribution is 2.13. The number of aromatic nitrogens is 1. The topological polar surface area (TPSA) is 60.3 Å². The second-order valence-corrected chi connectivity index (χ2v) is 5.84. The summed E-state index contributed by atoms with van der Waals surface area (Å²) in [6, 6.07) is 10.4. The normalized spacial score (nSPS) is 17.5. The van der Waals surface area contributed by atoms with Gasteiger partial charge in [-0.15, -0.1) is 0 Å². The number of carbonyl (C=O) groups excluding carboxylic acids is 1. The molecule has 25 heavy (non-hydrogen) atoms. The second kappa shape index (κ2) is 7.90. The zero-order chi connectivity index (χ0) is 17.6. The Morgan fingerprint density at radius 3 is 2.76 bits per heavy atom. The molecule has 1 atom stereocenters. The molecule has 0 radical (unpaired) electrons. The minimum absolute atomic E-state index is 0.00326. The molecule has 6 heteroatoms. The standard InChI is InChI=1S/C19H19FN2O3/c20-15-8-6-14(7-9-15)12-17(22-10-2-1-5-18(22)23)19(24)21-13-16-4-3-11-25-16/h1-2,5-10,12,16H,3-4,11,13H2,(H,21,24)/b17-12+/t16-/m0/s1. The first-order chi connectivity index (χ1) is 12.1. The van der Waals surface area contributed by atoms with Gasteiger partial charge in [-0.25, -0.2) is 4.39 Å². The summed E-state index contributed by atoms with van der Waals surface area (Å²) in [5.41, 5.74) is 0.484. The van der Waals surface area contributed by atoms with Gasteiger partial charge in [0.05, 0.1) is 6.10 Å². The number of nitrogens with zero attached hydrogens (tertiary/aromatic N) is 1. The van der Waals surface area contributed by atoms with E-state index in [9.17, 15) is 14.0 Å². The Kier molecular flexibility index (Phi) is 5.40. The van der Waals surface area contributed by atoms with Crippen molar-refractivity contribution in [2.75, 3.05) is 13.2 Å². The number of benzene rings is 1. The average molecular weight is 342 g/mol. The molecule has 1 aromatic carbocycles. The van der Waals surface area contributed by atoms with Crippen LogP contribution in [0.15, 0.2) is 53.5 Å². The maximum absolute atomic E-state index is 13.1. The zero-order valence-electron chi connectivity index (χ0n) is 13.7. The first-order valence-electron chi connectivity index (χ1n) is 8.18. The van der Waals surface area contributed by atoms with Crippen molar-refractivity contribution in [1.29, 1.82) is 0 Å². The summed E-state index contributed by atoms with van der Waals surface area (Å²) in [5, 5.41) is 2.82. The van der Waals surface area contributed by atoms with Crippen LogP contribution in [0, 0.1) is 5.82 Å². The number of nitrogens with one attached hydrogen (secondary N) is 1. The molecular weight excluding hydrogens is 323 g/mol. The van der Waals surface area contributed by atoms with Gasteiger partial charge in [-0.2, -0.15) is 0 Å². The molecule has 5 nitrogen and oxygen atoms in total. The van der Waals surface area contributed by atoms with Gasteiger partial charge in [0.2, 0.25) is 0 Å². The molecule has 130 valence electrons. The van der Waals surface area contributed by atoms with Crippen LogP contribution in [0.2, 0.25) is 0 Å². The monoisotopic (exact) mass is 342 g/mol. The van der Waals surface area contributed by atoms with Gasteiger partial charge < -0.3 is 10.1 Å². The summed E-state index contributed by atoms with van der Waals surface area (Å²) in [6.45, 7) is 1.10. The third-order valence-corrected chi connectivity index (χ3v) is 4.00. The van der Waals surface area contributed by atoms with E-state index >= 15 is 0 Å². The van der Waals surface area contributed by atoms with Gasteiger partial charge in [-0.3, -0.25) is 14.2 Å². The zero-order valence-corrected chi connectivity index (χ0v) is 13.7. The summed E-state index contributed by atoms with van der Waals surface area (Å²) in [4.78, 5) is 24.8. The van der Waals surface area contributed by atoms with Crippen molar-refractivity contribution >= 4 is 17.7 Å². The van der Waals surface area contributed by atoms with Gasteiger partial charge in [0.15, 0.2) is 0 Å². The number of hydrogen-bond donors (Lipinski definition) is 1. The van der Waals surface area contributed by atoms with E-state index in [2.05, 4.69) is 5.32 Å². The quantitative estimate of drug-likeness (QED) is 0.848. The Morgan fingerprint density at radius 1 is 1.28 bits per heavy atom. The minimum Gasteiger partial charge on any atom is -0.376 e.